The van der Waals surface area contributed by atoms with Gasteiger partial charge < -0.3 is 9.13 Å². The molecule has 0 unspecified atom stereocenters. The van der Waals surface area contributed by atoms with E-state index in [4.69, 9.17) is 0 Å². The van der Waals surface area contributed by atoms with Crippen LogP contribution in [0.1, 0.15) is 0 Å². The summed E-state index contributed by atoms with van der Waals surface area (Å²) < 4.78 is 5.84. The molecule has 0 radical (unpaired) electrons. The number of hydrogen-bond donors (Lipinski definition) is 0. The van der Waals surface area contributed by atoms with Gasteiger partial charge in [0, 0.05) is 37.4 Å². The van der Waals surface area contributed by atoms with Crippen LogP contribution in [-0.2, 0) is 0 Å². The van der Waals surface area contributed by atoms with Crippen LogP contribution in [0.3, 0.4) is 0 Å². The van der Waals surface area contributed by atoms with Crippen LogP contribution in [0.5, 0.6) is 0 Å². The number of benzene rings is 9. The summed E-state index contributed by atoms with van der Waals surface area (Å²) >= 11 is 3.74. The Labute approximate surface area is 339 Å². The molecule has 2 nitrogen and oxygen atoms in total. The van der Waals surface area contributed by atoms with Crippen molar-refractivity contribution in [2.75, 3.05) is 0 Å². The van der Waals surface area contributed by atoms with Crippen LogP contribution in [0.15, 0.2) is 217 Å². The summed E-state index contributed by atoms with van der Waals surface area (Å²) in [6.07, 6.45) is 0. The third-order valence-electron chi connectivity index (χ3n) is 11.3. The largest absolute Gasteiger partial charge is 0.309 e. The molecule has 268 valence electrons. The molecule has 11 rings (SSSR count). The van der Waals surface area contributed by atoms with Gasteiger partial charge in [0.2, 0.25) is 0 Å². The van der Waals surface area contributed by atoms with E-state index in [1.165, 1.54) is 88.1 Å². The highest BCUT2D eigenvalue weighted by Gasteiger charge is 2.17. The van der Waals surface area contributed by atoms with Crippen molar-refractivity contribution < 1.29 is 0 Å². The molecule has 0 aliphatic carbocycles. The average Bonchev–Trinajstić information content (AvgIpc) is 3.79. The third kappa shape index (κ3) is 5.78. The van der Waals surface area contributed by atoms with Gasteiger partial charge in [-0.2, -0.15) is 0 Å². The zero-order chi connectivity index (χ0) is 37.9. The smallest absolute Gasteiger partial charge is 0.0541 e. The standard InChI is InChI=1S/C54H35BrN2/c55-44-15-11-14-38(33-44)41-30-42(39-24-28-53-49(34-39)47-18-7-9-20-51(47)56(53)45-16-5-2-6-17-45)32-43(31-41)40-25-29-54-50(35-40)48-19-8-10-21-52(48)57(54)46-26-22-37(23-27-46)36-12-3-1-4-13-36/h1-35H. The fraction of sp³-hybridized carbons (Fsp3) is 0. The van der Waals surface area contributed by atoms with Crippen molar-refractivity contribution in [1.29, 1.82) is 0 Å². The first-order chi connectivity index (χ1) is 28.2. The van der Waals surface area contributed by atoms with E-state index in [1.807, 2.05) is 0 Å². The highest BCUT2D eigenvalue weighted by Crippen LogP contribution is 2.40. The van der Waals surface area contributed by atoms with Crippen molar-refractivity contribution in [3.63, 3.8) is 0 Å². The van der Waals surface area contributed by atoms with Crippen LogP contribution in [0.25, 0.3) is 99.5 Å². The quantitative estimate of drug-likeness (QED) is 0.159. The van der Waals surface area contributed by atoms with Gasteiger partial charge in [-0.25, -0.2) is 0 Å². The first-order valence-electron chi connectivity index (χ1n) is 19.4. The summed E-state index contributed by atoms with van der Waals surface area (Å²) in [6, 6.07) is 77.2. The Hall–Kier alpha value is -6.94. The van der Waals surface area contributed by atoms with Crippen molar-refractivity contribution in [2.45, 2.75) is 0 Å². The van der Waals surface area contributed by atoms with Crippen LogP contribution in [0, 0.1) is 0 Å². The van der Waals surface area contributed by atoms with Crippen LogP contribution in [-0.4, -0.2) is 9.13 Å². The molecule has 0 aliphatic rings. The summed E-state index contributed by atoms with van der Waals surface area (Å²) in [5, 5.41) is 4.97. The molecule has 0 bridgehead atoms. The molecular weight excluding hydrogens is 757 g/mol. The summed E-state index contributed by atoms with van der Waals surface area (Å²) in [6.45, 7) is 0. The number of hydrogen-bond acceptors (Lipinski definition) is 0. The third-order valence-corrected chi connectivity index (χ3v) is 11.8. The van der Waals surface area contributed by atoms with E-state index in [9.17, 15) is 0 Å². The van der Waals surface area contributed by atoms with Gasteiger partial charge in [0.15, 0.2) is 0 Å². The molecule has 0 N–H and O–H groups in total. The van der Waals surface area contributed by atoms with Crippen molar-refractivity contribution in [1.82, 2.24) is 9.13 Å². The second-order valence-corrected chi connectivity index (χ2v) is 15.6. The molecule has 0 atom stereocenters. The number of fused-ring (bicyclic) bond motifs is 6. The average molecular weight is 792 g/mol. The van der Waals surface area contributed by atoms with E-state index >= 15 is 0 Å². The first kappa shape index (κ1) is 33.4. The van der Waals surface area contributed by atoms with Crippen molar-refractivity contribution in [2.24, 2.45) is 0 Å². The van der Waals surface area contributed by atoms with E-state index in [-0.39, 0.29) is 0 Å². The molecule has 9 aromatic carbocycles. The van der Waals surface area contributed by atoms with E-state index in [1.54, 1.807) is 0 Å². The van der Waals surface area contributed by atoms with E-state index in [0.29, 0.717) is 0 Å². The van der Waals surface area contributed by atoms with Crippen LogP contribution >= 0.6 is 15.9 Å². The Balaban J connectivity index is 1.08. The molecule has 0 spiro atoms. The van der Waals surface area contributed by atoms with E-state index in [2.05, 4.69) is 237 Å². The lowest BCUT2D eigenvalue weighted by Gasteiger charge is -2.13. The maximum Gasteiger partial charge on any atom is 0.0541 e. The number of nitrogens with zero attached hydrogens (tertiary/aromatic N) is 2. The van der Waals surface area contributed by atoms with E-state index in [0.717, 1.165) is 15.8 Å². The predicted octanol–water partition coefficient (Wildman–Crippen LogP) is 15.3. The molecule has 0 saturated heterocycles. The Morgan fingerprint density at radius 3 is 1.19 bits per heavy atom. The monoisotopic (exact) mass is 790 g/mol. The first-order valence-corrected chi connectivity index (χ1v) is 20.2. The van der Waals surface area contributed by atoms with Gasteiger partial charge in [-0.1, -0.05) is 137 Å². The molecule has 0 aliphatic heterocycles. The summed E-state index contributed by atoms with van der Waals surface area (Å²) in [4.78, 5) is 0. The van der Waals surface area contributed by atoms with Gasteiger partial charge in [0.25, 0.3) is 0 Å². The fourth-order valence-electron chi connectivity index (χ4n) is 8.67. The minimum atomic E-state index is 1.06. The molecule has 0 fully saturated rings. The summed E-state index contributed by atoms with van der Waals surface area (Å²) in [5.41, 5.74) is 16.6. The summed E-state index contributed by atoms with van der Waals surface area (Å²) in [7, 11) is 0. The lowest BCUT2D eigenvalue weighted by Crippen LogP contribution is -1.94. The van der Waals surface area contributed by atoms with Crippen LogP contribution < -0.4 is 0 Å². The highest BCUT2D eigenvalue weighted by molar-refractivity contribution is 9.10. The lowest BCUT2D eigenvalue weighted by molar-refractivity contribution is 1.18. The Morgan fingerprint density at radius 1 is 0.246 bits per heavy atom. The topological polar surface area (TPSA) is 9.86 Å². The van der Waals surface area contributed by atoms with Gasteiger partial charge in [-0.05, 0) is 136 Å². The molecule has 2 aromatic heterocycles. The van der Waals surface area contributed by atoms with Crippen LogP contribution in [0.4, 0.5) is 0 Å². The summed E-state index contributed by atoms with van der Waals surface area (Å²) in [5.74, 6) is 0. The molecule has 11 aromatic rings. The molecule has 57 heavy (non-hydrogen) atoms. The van der Waals surface area contributed by atoms with Gasteiger partial charge in [-0.3, -0.25) is 0 Å². The zero-order valence-electron chi connectivity index (χ0n) is 31.0. The minimum Gasteiger partial charge on any atom is -0.309 e. The molecular formula is C54H35BrN2. The molecule has 3 heteroatoms. The molecule has 2 heterocycles. The zero-order valence-corrected chi connectivity index (χ0v) is 32.6. The Bertz CT molecular complexity index is 3280. The van der Waals surface area contributed by atoms with Gasteiger partial charge in [0.1, 0.15) is 0 Å². The van der Waals surface area contributed by atoms with E-state index < -0.39 is 0 Å². The molecule has 0 saturated carbocycles. The second-order valence-electron chi connectivity index (χ2n) is 14.7. The number of rotatable bonds is 6. The SMILES string of the molecule is Brc1cccc(-c2cc(-c3ccc4c(c3)c3ccccc3n4-c3ccccc3)cc(-c3ccc4c(c3)c3ccccc3n4-c3ccc(-c4ccccc4)cc3)c2)c1. The van der Waals surface area contributed by atoms with Gasteiger partial charge in [0.05, 0.1) is 22.1 Å². The minimum absolute atomic E-state index is 1.06. The predicted molar refractivity (Wildman–Crippen MR) is 245 cm³/mol. The fourth-order valence-corrected chi connectivity index (χ4v) is 9.07. The van der Waals surface area contributed by atoms with Crippen molar-refractivity contribution in [3.05, 3.63) is 217 Å². The highest BCUT2D eigenvalue weighted by atomic mass is 79.9. The lowest BCUT2D eigenvalue weighted by atomic mass is 9.92. The maximum absolute atomic E-state index is 3.74. The number of aromatic nitrogens is 2. The molecule has 0 amide bonds. The van der Waals surface area contributed by atoms with Gasteiger partial charge >= 0.3 is 0 Å². The van der Waals surface area contributed by atoms with Crippen LogP contribution in [0.2, 0.25) is 0 Å². The Kier molecular flexibility index (Phi) is 8.01. The second kappa shape index (κ2) is 13.7. The van der Waals surface area contributed by atoms with Gasteiger partial charge in [-0.15, -0.1) is 0 Å². The Morgan fingerprint density at radius 2 is 0.649 bits per heavy atom. The van der Waals surface area contributed by atoms with Crippen molar-refractivity contribution >= 4 is 59.5 Å². The number of para-hydroxylation sites is 3. The number of halogens is 1. The maximum atomic E-state index is 3.74. The van der Waals surface area contributed by atoms with Crippen molar-refractivity contribution in [3.8, 4) is 55.9 Å². The normalized spacial score (nSPS) is 11.6.